The number of benzene rings is 2. The Labute approximate surface area is 119 Å². The molecular formula is C13H9Cl2NO3. The molecule has 0 aliphatic rings. The van der Waals surface area contributed by atoms with Crippen LogP contribution >= 0.6 is 23.2 Å². The van der Waals surface area contributed by atoms with Crippen LogP contribution in [0, 0.1) is 10.1 Å². The smallest absolute Gasteiger partial charge is 0.269 e. The van der Waals surface area contributed by atoms with Gasteiger partial charge in [0.1, 0.15) is 12.4 Å². The van der Waals surface area contributed by atoms with Crippen molar-refractivity contribution >= 4 is 28.9 Å². The fraction of sp³-hybridized carbons (Fsp3) is 0.0769. The first-order valence-corrected chi connectivity index (χ1v) is 6.13. The van der Waals surface area contributed by atoms with Gasteiger partial charge in [0.15, 0.2) is 0 Å². The summed E-state index contributed by atoms with van der Waals surface area (Å²) in [5.74, 6) is 0.518. The second kappa shape index (κ2) is 5.91. The van der Waals surface area contributed by atoms with Gasteiger partial charge in [-0.3, -0.25) is 10.1 Å². The summed E-state index contributed by atoms with van der Waals surface area (Å²) in [6.45, 7) is 0.277. The van der Waals surface area contributed by atoms with Gasteiger partial charge in [-0.25, -0.2) is 0 Å². The molecule has 0 fully saturated rings. The third kappa shape index (κ3) is 3.59. The van der Waals surface area contributed by atoms with Crippen LogP contribution in [0.15, 0.2) is 42.5 Å². The molecule has 2 rings (SSSR count). The van der Waals surface area contributed by atoms with Crippen LogP contribution in [-0.2, 0) is 6.61 Å². The lowest BCUT2D eigenvalue weighted by molar-refractivity contribution is -0.384. The van der Waals surface area contributed by atoms with E-state index in [-0.39, 0.29) is 12.3 Å². The van der Waals surface area contributed by atoms with Crippen molar-refractivity contribution in [3.63, 3.8) is 0 Å². The number of non-ortho nitro benzene ring substituents is 1. The number of nitro groups is 1. The number of hydrogen-bond acceptors (Lipinski definition) is 3. The van der Waals surface area contributed by atoms with Gasteiger partial charge in [-0.15, -0.1) is 0 Å². The topological polar surface area (TPSA) is 52.4 Å². The maximum atomic E-state index is 10.5. The van der Waals surface area contributed by atoms with Gasteiger partial charge < -0.3 is 4.74 Å². The molecule has 0 N–H and O–H groups in total. The first kappa shape index (κ1) is 13.6. The Kier molecular flexibility index (Phi) is 4.24. The minimum Gasteiger partial charge on any atom is -0.487 e. The van der Waals surface area contributed by atoms with E-state index >= 15 is 0 Å². The number of ether oxygens (including phenoxy) is 1. The first-order chi connectivity index (χ1) is 9.06. The Hall–Kier alpha value is -1.78. The van der Waals surface area contributed by atoms with E-state index in [2.05, 4.69) is 0 Å². The zero-order valence-electron chi connectivity index (χ0n) is 9.68. The van der Waals surface area contributed by atoms with Crippen molar-refractivity contribution in [3.8, 4) is 5.75 Å². The van der Waals surface area contributed by atoms with Crippen LogP contribution in [0.1, 0.15) is 5.56 Å². The Morgan fingerprint density at radius 2 is 1.79 bits per heavy atom. The molecule has 0 radical (unpaired) electrons. The summed E-state index contributed by atoms with van der Waals surface area (Å²) < 4.78 is 5.52. The second-order valence-electron chi connectivity index (χ2n) is 3.79. The van der Waals surface area contributed by atoms with Crippen molar-refractivity contribution in [2.24, 2.45) is 0 Å². The maximum absolute atomic E-state index is 10.5. The van der Waals surface area contributed by atoms with E-state index in [1.165, 1.54) is 12.1 Å². The highest BCUT2D eigenvalue weighted by Crippen LogP contribution is 2.28. The summed E-state index contributed by atoms with van der Waals surface area (Å²) in [5.41, 5.74) is 0.866. The molecule has 0 saturated heterocycles. The van der Waals surface area contributed by atoms with E-state index in [0.29, 0.717) is 15.8 Å². The third-order valence-electron chi connectivity index (χ3n) is 2.44. The maximum Gasteiger partial charge on any atom is 0.269 e. The largest absolute Gasteiger partial charge is 0.487 e. The molecule has 0 bridgehead atoms. The van der Waals surface area contributed by atoms with Crippen LogP contribution < -0.4 is 4.74 Å². The lowest BCUT2D eigenvalue weighted by Crippen LogP contribution is -1.96. The van der Waals surface area contributed by atoms with Gasteiger partial charge in [-0.2, -0.15) is 0 Å². The van der Waals surface area contributed by atoms with Gasteiger partial charge in [0, 0.05) is 17.2 Å². The number of rotatable bonds is 4. The average molecular weight is 298 g/mol. The molecular weight excluding hydrogens is 289 g/mol. The Morgan fingerprint density at radius 3 is 2.37 bits per heavy atom. The molecule has 0 heterocycles. The van der Waals surface area contributed by atoms with Crippen molar-refractivity contribution in [1.29, 1.82) is 0 Å². The fourth-order valence-electron chi connectivity index (χ4n) is 1.47. The normalized spacial score (nSPS) is 10.2. The Balaban J connectivity index is 2.04. The molecule has 0 aliphatic heterocycles. The van der Waals surface area contributed by atoms with Crippen molar-refractivity contribution in [2.75, 3.05) is 0 Å². The molecule has 0 spiro atoms. The monoisotopic (exact) mass is 297 g/mol. The van der Waals surface area contributed by atoms with Gasteiger partial charge in [0.25, 0.3) is 5.69 Å². The standard InChI is InChI=1S/C13H9Cl2NO3/c14-10-3-6-13(12(15)7-10)19-8-9-1-4-11(5-2-9)16(17)18/h1-7H,8H2. The minimum atomic E-state index is -0.444. The van der Waals surface area contributed by atoms with Crippen LogP contribution in [0.4, 0.5) is 5.69 Å². The Morgan fingerprint density at radius 1 is 1.11 bits per heavy atom. The molecule has 4 nitrogen and oxygen atoms in total. The van der Waals surface area contributed by atoms with Gasteiger partial charge in [0.2, 0.25) is 0 Å². The van der Waals surface area contributed by atoms with Crippen LogP contribution in [0.3, 0.4) is 0 Å². The molecule has 0 amide bonds. The number of nitrogens with zero attached hydrogens (tertiary/aromatic N) is 1. The summed E-state index contributed by atoms with van der Waals surface area (Å²) >= 11 is 11.7. The van der Waals surface area contributed by atoms with E-state index in [9.17, 15) is 10.1 Å². The van der Waals surface area contributed by atoms with Gasteiger partial charge in [-0.05, 0) is 35.9 Å². The van der Waals surface area contributed by atoms with E-state index in [1.54, 1.807) is 30.3 Å². The molecule has 0 atom stereocenters. The predicted molar refractivity (Wildman–Crippen MR) is 73.9 cm³/mol. The third-order valence-corrected chi connectivity index (χ3v) is 2.97. The van der Waals surface area contributed by atoms with Crippen LogP contribution in [-0.4, -0.2) is 4.92 Å². The molecule has 0 aliphatic carbocycles. The lowest BCUT2D eigenvalue weighted by atomic mass is 10.2. The summed E-state index contributed by atoms with van der Waals surface area (Å²) in [6, 6.07) is 11.1. The van der Waals surface area contributed by atoms with Crippen LogP contribution in [0.2, 0.25) is 10.0 Å². The molecule has 0 aromatic heterocycles. The molecule has 6 heteroatoms. The quantitative estimate of drug-likeness (QED) is 0.617. The van der Waals surface area contributed by atoms with E-state index in [0.717, 1.165) is 5.56 Å². The summed E-state index contributed by atoms with van der Waals surface area (Å²) in [6.07, 6.45) is 0. The molecule has 98 valence electrons. The SMILES string of the molecule is O=[N+]([O-])c1ccc(COc2ccc(Cl)cc2Cl)cc1. The van der Waals surface area contributed by atoms with E-state index in [4.69, 9.17) is 27.9 Å². The van der Waals surface area contributed by atoms with Crippen LogP contribution in [0.25, 0.3) is 0 Å². The molecule has 19 heavy (non-hydrogen) atoms. The minimum absolute atomic E-state index is 0.0493. The van der Waals surface area contributed by atoms with Gasteiger partial charge in [0.05, 0.1) is 9.95 Å². The van der Waals surface area contributed by atoms with E-state index in [1.807, 2.05) is 0 Å². The summed E-state index contributed by atoms with van der Waals surface area (Å²) in [4.78, 5) is 10.1. The van der Waals surface area contributed by atoms with Gasteiger partial charge >= 0.3 is 0 Å². The number of halogens is 2. The van der Waals surface area contributed by atoms with Crippen molar-refractivity contribution in [3.05, 3.63) is 68.2 Å². The van der Waals surface area contributed by atoms with Crippen molar-refractivity contribution < 1.29 is 9.66 Å². The average Bonchev–Trinajstić information content (AvgIpc) is 2.38. The highest BCUT2D eigenvalue weighted by atomic mass is 35.5. The zero-order valence-corrected chi connectivity index (χ0v) is 11.2. The highest BCUT2D eigenvalue weighted by Gasteiger charge is 2.06. The van der Waals surface area contributed by atoms with Crippen molar-refractivity contribution in [2.45, 2.75) is 6.61 Å². The second-order valence-corrected chi connectivity index (χ2v) is 4.63. The lowest BCUT2D eigenvalue weighted by Gasteiger charge is -2.08. The van der Waals surface area contributed by atoms with Crippen LogP contribution in [0.5, 0.6) is 5.75 Å². The summed E-state index contributed by atoms with van der Waals surface area (Å²) in [5, 5.41) is 11.5. The Bertz CT molecular complexity index is 599. The van der Waals surface area contributed by atoms with E-state index < -0.39 is 4.92 Å². The predicted octanol–water partition coefficient (Wildman–Crippen LogP) is 4.48. The van der Waals surface area contributed by atoms with Crippen molar-refractivity contribution in [1.82, 2.24) is 0 Å². The van der Waals surface area contributed by atoms with Gasteiger partial charge in [-0.1, -0.05) is 23.2 Å². The molecule has 2 aromatic rings. The zero-order chi connectivity index (χ0) is 13.8. The number of nitro benzene ring substituents is 1. The number of hydrogen-bond donors (Lipinski definition) is 0. The summed E-state index contributed by atoms with van der Waals surface area (Å²) in [7, 11) is 0. The molecule has 0 unspecified atom stereocenters. The molecule has 0 saturated carbocycles. The highest BCUT2D eigenvalue weighted by molar-refractivity contribution is 6.35. The molecule has 2 aromatic carbocycles. The fourth-order valence-corrected chi connectivity index (χ4v) is 1.93. The first-order valence-electron chi connectivity index (χ1n) is 5.37.